The molecule has 0 bridgehead atoms. The molecule has 0 aliphatic carbocycles. The summed E-state index contributed by atoms with van der Waals surface area (Å²) in [7, 11) is 2.12. The number of hydrogen-bond donors (Lipinski definition) is 0. The van der Waals surface area contributed by atoms with E-state index in [1.165, 1.54) is 0 Å². The van der Waals surface area contributed by atoms with Crippen molar-refractivity contribution in [3.05, 3.63) is 0 Å². The van der Waals surface area contributed by atoms with Crippen LogP contribution in [0.5, 0.6) is 0 Å². The fourth-order valence-corrected chi connectivity index (χ4v) is 2.25. The fourth-order valence-electron chi connectivity index (χ4n) is 2.25. The van der Waals surface area contributed by atoms with Gasteiger partial charge in [0.1, 0.15) is 0 Å². The average molecular weight is 234 g/mol. The number of piperidine rings is 1. The first kappa shape index (κ1) is 13.8. The van der Waals surface area contributed by atoms with Gasteiger partial charge in [0, 0.05) is 12.6 Å². The molecule has 1 saturated heterocycles. The molecule has 0 spiro atoms. The maximum Gasteiger partial charge on any atom is 0.251 e. The van der Waals surface area contributed by atoms with Crippen LogP contribution in [0.3, 0.4) is 0 Å². The van der Waals surface area contributed by atoms with Crippen LogP contribution in [0, 0.1) is 5.92 Å². The molecular weight excluding hydrogens is 210 g/mol. The molecule has 4 heteroatoms. The van der Waals surface area contributed by atoms with E-state index in [0.717, 1.165) is 32.5 Å². The van der Waals surface area contributed by atoms with E-state index in [1.807, 2.05) is 18.7 Å². The fraction of sp³-hybridized carbons (Fsp3) is 1.00. The van der Waals surface area contributed by atoms with Crippen LogP contribution >= 0.6 is 0 Å². The maximum atomic E-state index is 12.4. The van der Waals surface area contributed by atoms with Crippen LogP contribution in [-0.4, -0.2) is 55.5 Å². The number of nitrogens with zero attached hydrogens (tertiary/aromatic N) is 2. The van der Waals surface area contributed by atoms with Gasteiger partial charge in [-0.3, -0.25) is 4.90 Å². The van der Waals surface area contributed by atoms with Crippen molar-refractivity contribution in [1.29, 1.82) is 0 Å². The van der Waals surface area contributed by atoms with Gasteiger partial charge in [0.25, 0.3) is 6.43 Å². The lowest BCUT2D eigenvalue weighted by atomic mass is 9.96. The van der Waals surface area contributed by atoms with E-state index in [-0.39, 0.29) is 12.6 Å². The monoisotopic (exact) mass is 234 g/mol. The van der Waals surface area contributed by atoms with Crippen molar-refractivity contribution in [3.63, 3.8) is 0 Å². The second-order valence-corrected chi connectivity index (χ2v) is 5.19. The number of rotatable bonds is 5. The van der Waals surface area contributed by atoms with Gasteiger partial charge < -0.3 is 4.90 Å². The third-order valence-corrected chi connectivity index (χ3v) is 3.43. The Bertz CT molecular complexity index is 189. The molecule has 0 aromatic heterocycles. The molecule has 0 unspecified atom stereocenters. The van der Waals surface area contributed by atoms with Crippen molar-refractivity contribution < 1.29 is 8.78 Å². The average Bonchev–Trinajstić information content (AvgIpc) is 2.19. The largest absolute Gasteiger partial charge is 0.306 e. The Morgan fingerprint density at radius 1 is 1.25 bits per heavy atom. The zero-order valence-corrected chi connectivity index (χ0v) is 10.6. The minimum Gasteiger partial charge on any atom is -0.306 e. The van der Waals surface area contributed by atoms with Gasteiger partial charge in [-0.1, -0.05) is 0 Å². The van der Waals surface area contributed by atoms with Gasteiger partial charge in [-0.05, 0) is 52.7 Å². The third kappa shape index (κ3) is 4.74. The first-order chi connectivity index (χ1) is 7.49. The van der Waals surface area contributed by atoms with Crippen LogP contribution < -0.4 is 0 Å². The van der Waals surface area contributed by atoms with Crippen LogP contribution in [0.15, 0.2) is 0 Å². The highest BCUT2D eigenvalue weighted by atomic mass is 19.3. The number of likely N-dealkylation sites (tertiary alicyclic amines) is 1. The standard InChI is InChI=1S/C12H24F2N2/c1-10(2)16(9-12(13)14)8-11-4-6-15(3)7-5-11/h10-12H,4-9H2,1-3H3. The van der Waals surface area contributed by atoms with Gasteiger partial charge in [0.15, 0.2) is 0 Å². The first-order valence-corrected chi connectivity index (χ1v) is 6.19. The number of hydrogen-bond acceptors (Lipinski definition) is 2. The SMILES string of the molecule is CC(C)N(CC(F)F)CC1CCN(C)CC1. The predicted octanol–water partition coefficient (Wildman–Crippen LogP) is 2.30. The maximum absolute atomic E-state index is 12.4. The molecule has 1 fully saturated rings. The molecule has 16 heavy (non-hydrogen) atoms. The van der Waals surface area contributed by atoms with Crippen LogP contribution in [0.2, 0.25) is 0 Å². The van der Waals surface area contributed by atoms with E-state index >= 15 is 0 Å². The van der Waals surface area contributed by atoms with Crippen molar-refractivity contribution in [2.75, 3.05) is 33.2 Å². The molecule has 1 rings (SSSR count). The van der Waals surface area contributed by atoms with Crippen LogP contribution in [0.1, 0.15) is 26.7 Å². The first-order valence-electron chi connectivity index (χ1n) is 6.19. The highest BCUT2D eigenvalue weighted by Gasteiger charge is 2.22. The molecule has 0 radical (unpaired) electrons. The zero-order valence-electron chi connectivity index (χ0n) is 10.6. The summed E-state index contributed by atoms with van der Waals surface area (Å²) in [4.78, 5) is 4.23. The van der Waals surface area contributed by atoms with E-state index in [9.17, 15) is 8.78 Å². The Morgan fingerprint density at radius 3 is 2.25 bits per heavy atom. The van der Waals surface area contributed by atoms with E-state index in [4.69, 9.17) is 0 Å². The summed E-state index contributed by atoms with van der Waals surface area (Å²) in [6.45, 7) is 6.95. The molecule has 2 nitrogen and oxygen atoms in total. The summed E-state index contributed by atoms with van der Waals surface area (Å²) in [6.07, 6.45) is 0.0694. The van der Waals surface area contributed by atoms with Gasteiger partial charge in [-0.2, -0.15) is 0 Å². The van der Waals surface area contributed by atoms with Crippen molar-refractivity contribution in [2.45, 2.75) is 39.2 Å². The molecule has 0 N–H and O–H groups in total. The molecule has 0 atom stereocenters. The summed E-state index contributed by atoms with van der Waals surface area (Å²) in [5.74, 6) is 0.595. The zero-order chi connectivity index (χ0) is 12.1. The smallest absolute Gasteiger partial charge is 0.251 e. The Balaban J connectivity index is 2.36. The Labute approximate surface area is 97.6 Å². The van der Waals surface area contributed by atoms with E-state index in [2.05, 4.69) is 11.9 Å². The predicted molar refractivity (Wildman–Crippen MR) is 62.9 cm³/mol. The van der Waals surface area contributed by atoms with Crippen molar-refractivity contribution in [3.8, 4) is 0 Å². The Morgan fingerprint density at radius 2 is 1.81 bits per heavy atom. The molecule has 96 valence electrons. The number of alkyl halides is 2. The molecule has 0 saturated carbocycles. The summed E-state index contributed by atoms with van der Waals surface area (Å²) in [5.41, 5.74) is 0. The van der Waals surface area contributed by atoms with Crippen LogP contribution in [0.25, 0.3) is 0 Å². The van der Waals surface area contributed by atoms with Crippen molar-refractivity contribution in [2.24, 2.45) is 5.92 Å². The normalized spacial score (nSPS) is 20.2. The molecule has 1 heterocycles. The van der Waals surface area contributed by atoms with Crippen LogP contribution in [-0.2, 0) is 0 Å². The quantitative estimate of drug-likeness (QED) is 0.720. The van der Waals surface area contributed by atoms with Gasteiger partial charge in [0.05, 0.1) is 6.54 Å². The van der Waals surface area contributed by atoms with Crippen LogP contribution in [0.4, 0.5) is 8.78 Å². The summed E-state index contributed by atoms with van der Waals surface area (Å²) in [5, 5.41) is 0. The topological polar surface area (TPSA) is 6.48 Å². The van der Waals surface area contributed by atoms with Crippen molar-refractivity contribution >= 4 is 0 Å². The van der Waals surface area contributed by atoms with Gasteiger partial charge in [0.2, 0.25) is 0 Å². The molecule has 0 aromatic carbocycles. The second kappa shape index (κ2) is 6.50. The van der Waals surface area contributed by atoms with E-state index in [0.29, 0.717) is 5.92 Å². The van der Waals surface area contributed by atoms with Gasteiger partial charge in [-0.15, -0.1) is 0 Å². The van der Waals surface area contributed by atoms with E-state index in [1.54, 1.807) is 0 Å². The minimum absolute atomic E-state index is 0.0794. The lowest BCUT2D eigenvalue weighted by Crippen LogP contribution is -2.41. The number of halogens is 2. The Hall–Kier alpha value is -0.220. The summed E-state index contributed by atoms with van der Waals surface area (Å²) < 4.78 is 24.8. The molecule has 1 aliphatic rings. The Kier molecular flexibility index (Phi) is 5.62. The highest BCUT2D eigenvalue weighted by Crippen LogP contribution is 2.18. The van der Waals surface area contributed by atoms with E-state index < -0.39 is 6.43 Å². The van der Waals surface area contributed by atoms with Gasteiger partial charge >= 0.3 is 0 Å². The molecule has 1 aliphatic heterocycles. The summed E-state index contributed by atoms with van der Waals surface area (Å²) in [6, 6.07) is 0.216. The third-order valence-electron chi connectivity index (χ3n) is 3.43. The van der Waals surface area contributed by atoms with Gasteiger partial charge in [-0.25, -0.2) is 8.78 Å². The molecule has 0 amide bonds. The lowest BCUT2D eigenvalue weighted by molar-refractivity contribution is 0.0555. The molecule has 0 aromatic rings. The second-order valence-electron chi connectivity index (χ2n) is 5.19. The highest BCUT2D eigenvalue weighted by molar-refractivity contribution is 4.75. The molecular formula is C12H24F2N2. The lowest BCUT2D eigenvalue weighted by Gasteiger charge is -2.34. The minimum atomic E-state index is -2.21. The summed E-state index contributed by atoms with van der Waals surface area (Å²) >= 11 is 0. The van der Waals surface area contributed by atoms with Crippen molar-refractivity contribution in [1.82, 2.24) is 9.80 Å².